The number of hydrogen-bond donors (Lipinski definition) is 0. The Hall–Kier alpha value is -5.17. The van der Waals surface area contributed by atoms with Gasteiger partial charge >= 0.3 is 0 Å². The Bertz CT molecular complexity index is 1790. The Morgan fingerprint density at radius 2 is 1.51 bits per heavy atom. The monoisotopic (exact) mass is 540 g/mol. The molecular weight excluding hydrogens is 516 g/mol. The minimum atomic E-state index is -1.61. The van der Waals surface area contributed by atoms with Crippen LogP contribution in [0.5, 0.6) is 0 Å². The number of carbonyl (C=O) groups is 3. The zero-order chi connectivity index (χ0) is 28.5. The van der Waals surface area contributed by atoms with Crippen molar-refractivity contribution in [2.75, 3.05) is 4.90 Å². The van der Waals surface area contributed by atoms with E-state index in [0.717, 1.165) is 16.8 Å². The van der Waals surface area contributed by atoms with Gasteiger partial charge in [0.25, 0.3) is 5.69 Å². The fourth-order valence-electron chi connectivity index (χ4n) is 7.01. The van der Waals surface area contributed by atoms with E-state index in [1.807, 2.05) is 72.5 Å². The van der Waals surface area contributed by atoms with Crippen molar-refractivity contribution in [1.82, 2.24) is 0 Å². The third-order valence-electron chi connectivity index (χ3n) is 8.76. The second-order valence-electron chi connectivity index (χ2n) is 10.8. The number of aryl methyl sites for hydroxylation is 1. The topological polar surface area (TPSA) is 97.6 Å². The number of non-ortho nitro benzene ring substituents is 1. The quantitative estimate of drug-likeness (QED) is 0.132. The van der Waals surface area contributed by atoms with Gasteiger partial charge in [-0.2, -0.15) is 0 Å². The maximum atomic E-state index is 14.7. The molecule has 7 nitrogen and oxygen atoms in total. The van der Waals surface area contributed by atoms with Crippen LogP contribution in [0.1, 0.15) is 53.7 Å². The van der Waals surface area contributed by atoms with Crippen LogP contribution < -0.4 is 4.90 Å². The second-order valence-corrected chi connectivity index (χ2v) is 10.8. The third-order valence-corrected chi connectivity index (χ3v) is 8.76. The standard InChI is InChI=1S/C34H24N2O5/c1-20-13-15-22(16-14-20)29-30(31(37)23-8-6-9-24(19-23)36(40)41)35-27-12-5-2-7-21(27)17-18-28(35)34(29)32(38)25-10-3-4-11-26(25)33(34)39/h2-19,28-30H,1H3/t28?,29-,30+/m1/s1. The van der Waals surface area contributed by atoms with E-state index in [1.54, 1.807) is 30.3 Å². The van der Waals surface area contributed by atoms with Gasteiger partial charge in [-0.3, -0.25) is 24.5 Å². The Labute approximate surface area is 235 Å². The van der Waals surface area contributed by atoms with Gasteiger partial charge in [-0.15, -0.1) is 0 Å². The summed E-state index contributed by atoms with van der Waals surface area (Å²) in [6.45, 7) is 1.95. The number of carbonyl (C=O) groups excluding carboxylic acids is 3. The molecule has 1 spiro atoms. The molecule has 0 saturated carbocycles. The molecule has 1 aliphatic carbocycles. The number of ketones is 3. The van der Waals surface area contributed by atoms with Crippen molar-refractivity contribution < 1.29 is 19.3 Å². The van der Waals surface area contributed by atoms with E-state index < -0.39 is 28.3 Å². The maximum absolute atomic E-state index is 14.7. The number of benzene rings is 4. The summed E-state index contributed by atoms with van der Waals surface area (Å²) < 4.78 is 0. The SMILES string of the molecule is Cc1ccc([C@@H]2[C@@H](C(=O)c3cccc([N+](=O)[O-])c3)N3c4ccccc4C=CC3C23C(=O)c2ccccc2C3=O)cc1. The smallest absolute Gasteiger partial charge is 0.270 e. The summed E-state index contributed by atoms with van der Waals surface area (Å²) in [7, 11) is 0. The van der Waals surface area contributed by atoms with Crippen molar-refractivity contribution in [3.8, 4) is 0 Å². The number of nitrogens with zero attached hydrogens (tertiary/aromatic N) is 2. The Balaban J connectivity index is 1.54. The highest BCUT2D eigenvalue weighted by Crippen LogP contribution is 2.61. The molecule has 2 heterocycles. The molecule has 0 N–H and O–H groups in total. The fraction of sp³-hybridized carbons (Fsp3) is 0.147. The van der Waals surface area contributed by atoms with Gasteiger partial charge in [-0.25, -0.2) is 0 Å². The van der Waals surface area contributed by atoms with E-state index in [4.69, 9.17) is 0 Å². The third kappa shape index (κ3) is 3.35. The zero-order valence-corrected chi connectivity index (χ0v) is 22.1. The lowest BCUT2D eigenvalue weighted by Crippen LogP contribution is -2.48. The molecule has 2 aliphatic heterocycles. The summed E-state index contributed by atoms with van der Waals surface area (Å²) in [5.74, 6) is -1.86. The first-order valence-corrected chi connectivity index (χ1v) is 13.4. The van der Waals surface area contributed by atoms with Crippen LogP contribution in [-0.2, 0) is 0 Å². The van der Waals surface area contributed by atoms with Gasteiger partial charge in [-0.05, 0) is 24.1 Å². The largest absolute Gasteiger partial charge is 0.352 e. The molecule has 1 fully saturated rings. The van der Waals surface area contributed by atoms with Gasteiger partial charge < -0.3 is 4.90 Å². The van der Waals surface area contributed by atoms with E-state index in [-0.39, 0.29) is 28.6 Å². The number of nitro benzene ring substituents is 1. The first-order valence-electron chi connectivity index (χ1n) is 13.4. The minimum absolute atomic E-state index is 0.152. The van der Waals surface area contributed by atoms with Crippen molar-refractivity contribution in [3.63, 3.8) is 0 Å². The highest BCUT2D eigenvalue weighted by atomic mass is 16.6. The number of para-hydroxylation sites is 1. The van der Waals surface area contributed by atoms with E-state index in [2.05, 4.69) is 0 Å². The Morgan fingerprint density at radius 3 is 2.20 bits per heavy atom. The summed E-state index contributed by atoms with van der Waals surface area (Å²) in [6.07, 6.45) is 3.78. The van der Waals surface area contributed by atoms with Crippen LogP contribution in [0.15, 0.2) is 103 Å². The molecule has 3 aliphatic rings. The number of hydrogen-bond acceptors (Lipinski definition) is 6. The molecule has 4 aromatic rings. The molecule has 0 amide bonds. The number of anilines is 1. The number of fused-ring (bicyclic) bond motifs is 5. The average Bonchev–Trinajstić information content (AvgIpc) is 3.43. The number of rotatable bonds is 4. The van der Waals surface area contributed by atoms with Crippen molar-refractivity contribution in [2.24, 2.45) is 5.41 Å². The number of Topliss-reactive ketones (excluding diaryl/α,β-unsaturated/α-hetero) is 3. The molecule has 0 bridgehead atoms. The van der Waals surface area contributed by atoms with Crippen LogP contribution in [0.2, 0.25) is 0 Å². The van der Waals surface area contributed by atoms with Crippen molar-refractivity contribution in [2.45, 2.75) is 24.9 Å². The highest BCUT2D eigenvalue weighted by Gasteiger charge is 2.71. The predicted octanol–water partition coefficient (Wildman–Crippen LogP) is 6.22. The molecule has 7 rings (SSSR count). The molecular formula is C34H24N2O5. The molecule has 7 heteroatoms. The Morgan fingerprint density at radius 1 is 0.854 bits per heavy atom. The summed E-state index contributed by atoms with van der Waals surface area (Å²) in [5, 5.41) is 11.6. The van der Waals surface area contributed by atoms with Crippen LogP contribution in [-0.4, -0.2) is 34.4 Å². The summed E-state index contributed by atoms with van der Waals surface area (Å²) in [5.41, 5.74) is 2.32. The lowest BCUT2D eigenvalue weighted by Gasteiger charge is -2.37. The van der Waals surface area contributed by atoms with Crippen LogP contribution in [0.4, 0.5) is 11.4 Å². The molecule has 1 unspecified atom stereocenters. The van der Waals surface area contributed by atoms with E-state index in [0.29, 0.717) is 16.7 Å². The number of nitro groups is 1. The van der Waals surface area contributed by atoms with Gasteiger partial charge in [0.05, 0.1) is 11.0 Å². The predicted molar refractivity (Wildman–Crippen MR) is 154 cm³/mol. The molecule has 200 valence electrons. The minimum Gasteiger partial charge on any atom is -0.352 e. The molecule has 3 atom stereocenters. The lowest BCUT2D eigenvalue weighted by molar-refractivity contribution is -0.384. The molecule has 41 heavy (non-hydrogen) atoms. The van der Waals surface area contributed by atoms with E-state index in [9.17, 15) is 24.5 Å². The van der Waals surface area contributed by atoms with Crippen LogP contribution >= 0.6 is 0 Å². The van der Waals surface area contributed by atoms with Gasteiger partial charge in [0.2, 0.25) is 0 Å². The fourth-order valence-corrected chi connectivity index (χ4v) is 7.01. The maximum Gasteiger partial charge on any atom is 0.270 e. The zero-order valence-electron chi connectivity index (χ0n) is 22.1. The Kier molecular flexibility index (Phi) is 5.41. The van der Waals surface area contributed by atoms with Gasteiger partial charge in [0.15, 0.2) is 17.3 Å². The molecule has 1 saturated heterocycles. The summed E-state index contributed by atoms with van der Waals surface area (Å²) in [4.78, 5) is 56.9. The first-order chi connectivity index (χ1) is 19.8. The summed E-state index contributed by atoms with van der Waals surface area (Å²) >= 11 is 0. The van der Waals surface area contributed by atoms with Crippen molar-refractivity contribution in [3.05, 3.63) is 147 Å². The molecule has 0 aromatic heterocycles. The highest BCUT2D eigenvalue weighted by molar-refractivity contribution is 6.32. The summed E-state index contributed by atoms with van der Waals surface area (Å²) in [6, 6.07) is 25.9. The van der Waals surface area contributed by atoms with Gasteiger partial charge in [0, 0.05) is 40.4 Å². The average molecular weight is 541 g/mol. The van der Waals surface area contributed by atoms with Gasteiger partial charge in [-0.1, -0.05) is 96.6 Å². The van der Waals surface area contributed by atoms with Crippen LogP contribution in [0.3, 0.4) is 0 Å². The van der Waals surface area contributed by atoms with Crippen LogP contribution in [0.25, 0.3) is 6.08 Å². The van der Waals surface area contributed by atoms with E-state index in [1.165, 1.54) is 18.2 Å². The first kappa shape index (κ1) is 24.8. The lowest BCUT2D eigenvalue weighted by atomic mass is 9.64. The van der Waals surface area contributed by atoms with Crippen LogP contribution in [0, 0.1) is 22.5 Å². The second kappa shape index (κ2) is 8.93. The van der Waals surface area contributed by atoms with Crippen molar-refractivity contribution in [1.29, 1.82) is 0 Å². The van der Waals surface area contributed by atoms with Gasteiger partial charge in [0.1, 0.15) is 11.5 Å². The molecule has 0 radical (unpaired) electrons. The normalized spacial score (nSPS) is 21.5. The van der Waals surface area contributed by atoms with E-state index >= 15 is 0 Å². The molecule has 4 aromatic carbocycles. The van der Waals surface area contributed by atoms with Crippen molar-refractivity contribution >= 4 is 34.8 Å².